The molecule has 4 atom stereocenters. The first-order valence-electron chi connectivity index (χ1n) is 6.17. The fourth-order valence-electron chi connectivity index (χ4n) is 2.11. The van der Waals surface area contributed by atoms with Gasteiger partial charge in [-0.25, -0.2) is 0 Å². The number of rotatable bonds is 4. The van der Waals surface area contributed by atoms with E-state index in [1.165, 1.54) is 0 Å². The Bertz CT molecular complexity index is 277. The average molecular weight is 244 g/mol. The lowest BCUT2D eigenvalue weighted by Crippen LogP contribution is -2.56. The van der Waals surface area contributed by atoms with E-state index in [2.05, 4.69) is 0 Å². The van der Waals surface area contributed by atoms with E-state index in [1.807, 2.05) is 33.8 Å². The Hall–Kier alpha value is -0.580. The Balaban J connectivity index is 2.71. The highest BCUT2D eigenvalue weighted by molar-refractivity contribution is 4.95. The zero-order valence-electron chi connectivity index (χ0n) is 11.4. The number of ether oxygens (including phenoxy) is 3. The normalized spacial score (nSPS) is 39.2. The van der Waals surface area contributed by atoms with E-state index in [-0.39, 0.29) is 12.4 Å². The Labute approximate surface area is 104 Å². The molecule has 0 amide bonds. The Morgan fingerprint density at radius 1 is 1.59 bits per heavy atom. The van der Waals surface area contributed by atoms with Crippen molar-refractivity contribution in [3.63, 3.8) is 0 Å². The van der Waals surface area contributed by atoms with Crippen molar-refractivity contribution in [1.29, 1.82) is 0 Å². The van der Waals surface area contributed by atoms with Gasteiger partial charge >= 0.3 is 0 Å². The van der Waals surface area contributed by atoms with Crippen molar-refractivity contribution in [2.45, 2.75) is 64.6 Å². The van der Waals surface area contributed by atoms with Gasteiger partial charge in [0, 0.05) is 20.0 Å². The van der Waals surface area contributed by atoms with E-state index in [0.29, 0.717) is 6.42 Å². The van der Waals surface area contributed by atoms with Crippen molar-refractivity contribution >= 4 is 0 Å². The Morgan fingerprint density at radius 3 is 2.71 bits per heavy atom. The smallest absolute Gasteiger partial charge is 0.202 e. The summed E-state index contributed by atoms with van der Waals surface area (Å²) in [5.74, 6) is 0.900. The van der Waals surface area contributed by atoms with Crippen molar-refractivity contribution in [3.8, 4) is 0 Å². The number of aliphatic hydroxyl groups excluding tert-OH is 1. The van der Waals surface area contributed by atoms with Gasteiger partial charge in [0.1, 0.15) is 6.10 Å². The third-order valence-electron chi connectivity index (χ3n) is 3.43. The monoisotopic (exact) mass is 244 g/mol. The van der Waals surface area contributed by atoms with Crippen molar-refractivity contribution < 1.29 is 19.3 Å². The zero-order chi connectivity index (χ0) is 13.1. The first kappa shape index (κ1) is 14.5. The third-order valence-corrected chi connectivity index (χ3v) is 3.43. The minimum absolute atomic E-state index is 0.298. The molecule has 0 aliphatic carbocycles. The number of methoxy groups -OCH3 is 1. The predicted molar refractivity (Wildman–Crippen MR) is 65.5 cm³/mol. The molecule has 17 heavy (non-hydrogen) atoms. The van der Waals surface area contributed by atoms with Crippen LogP contribution in [0, 0.1) is 0 Å². The van der Waals surface area contributed by atoms with Crippen molar-refractivity contribution in [2.24, 2.45) is 0 Å². The average Bonchev–Trinajstić information content (AvgIpc) is 2.33. The lowest BCUT2D eigenvalue weighted by atomic mass is 9.88. The van der Waals surface area contributed by atoms with Crippen LogP contribution in [0.1, 0.15) is 40.5 Å². The molecule has 1 rings (SSSR count). The third kappa shape index (κ3) is 3.21. The van der Waals surface area contributed by atoms with Gasteiger partial charge in [0.05, 0.1) is 17.5 Å². The largest absolute Gasteiger partial charge is 0.470 e. The van der Waals surface area contributed by atoms with Crippen molar-refractivity contribution in [3.05, 3.63) is 11.8 Å². The number of hydrogen-bond acceptors (Lipinski definition) is 4. The fourth-order valence-corrected chi connectivity index (χ4v) is 2.11. The molecule has 0 aromatic heterocycles. The SMILES string of the molecule is C/C=C(/CC)O[C@H]1C[C@@](C)(OC)[C@@H](O)[C@H](C)O1. The molecule has 4 nitrogen and oxygen atoms in total. The van der Waals surface area contributed by atoms with E-state index < -0.39 is 11.7 Å². The van der Waals surface area contributed by atoms with Gasteiger partial charge in [-0.1, -0.05) is 6.92 Å². The van der Waals surface area contributed by atoms with Crippen molar-refractivity contribution in [2.75, 3.05) is 7.11 Å². The summed E-state index contributed by atoms with van der Waals surface area (Å²) in [6, 6.07) is 0. The minimum Gasteiger partial charge on any atom is -0.470 e. The van der Waals surface area contributed by atoms with Crippen LogP contribution in [0.3, 0.4) is 0 Å². The molecule has 1 heterocycles. The molecule has 0 radical (unpaired) electrons. The topological polar surface area (TPSA) is 47.9 Å². The number of aliphatic hydroxyl groups is 1. The van der Waals surface area contributed by atoms with E-state index in [0.717, 1.165) is 12.2 Å². The maximum atomic E-state index is 10.0. The lowest BCUT2D eigenvalue weighted by Gasteiger charge is -2.44. The maximum Gasteiger partial charge on any atom is 0.202 e. The summed E-state index contributed by atoms with van der Waals surface area (Å²) in [6.07, 6.45) is 1.99. The van der Waals surface area contributed by atoms with Crippen LogP contribution in [-0.2, 0) is 14.2 Å². The van der Waals surface area contributed by atoms with Crippen LogP contribution in [0.15, 0.2) is 11.8 Å². The second kappa shape index (κ2) is 5.85. The summed E-state index contributed by atoms with van der Waals surface area (Å²) in [5.41, 5.74) is -0.616. The van der Waals surface area contributed by atoms with Gasteiger partial charge in [-0.15, -0.1) is 0 Å². The predicted octanol–water partition coefficient (Wildman–Crippen LogP) is 2.22. The molecule has 1 aliphatic heterocycles. The highest BCUT2D eigenvalue weighted by Gasteiger charge is 2.45. The van der Waals surface area contributed by atoms with Crippen LogP contribution in [0.5, 0.6) is 0 Å². The first-order valence-corrected chi connectivity index (χ1v) is 6.17. The minimum atomic E-state index is -0.636. The summed E-state index contributed by atoms with van der Waals surface area (Å²) in [5, 5.41) is 10.0. The van der Waals surface area contributed by atoms with Gasteiger partial charge in [0.2, 0.25) is 6.29 Å². The summed E-state index contributed by atoms with van der Waals surface area (Å²) in [4.78, 5) is 0. The van der Waals surface area contributed by atoms with Gasteiger partial charge in [-0.2, -0.15) is 0 Å². The second-order valence-electron chi connectivity index (χ2n) is 4.66. The maximum absolute atomic E-state index is 10.0. The molecular weight excluding hydrogens is 220 g/mol. The van der Waals surface area contributed by atoms with Crippen LogP contribution in [-0.4, -0.2) is 36.3 Å². The van der Waals surface area contributed by atoms with Gasteiger partial charge in [0.25, 0.3) is 0 Å². The van der Waals surface area contributed by atoms with E-state index in [4.69, 9.17) is 14.2 Å². The van der Waals surface area contributed by atoms with Gasteiger partial charge in [0.15, 0.2) is 0 Å². The molecule has 0 saturated carbocycles. The van der Waals surface area contributed by atoms with E-state index >= 15 is 0 Å². The number of allylic oxidation sites excluding steroid dienone is 2. The molecule has 0 bridgehead atoms. The van der Waals surface area contributed by atoms with Gasteiger partial charge in [-0.05, 0) is 26.8 Å². The second-order valence-corrected chi connectivity index (χ2v) is 4.66. The molecule has 0 unspecified atom stereocenters. The van der Waals surface area contributed by atoms with Gasteiger partial charge in [-0.3, -0.25) is 0 Å². The zero-order valence-corrected chi connectivity index (χ0v) is 11.4. The molecule has 0 aromatic rings. The molecular formula is C13H24O4. The van der Waals surface area contributed by atoms with Crippen LogP contribution in [0.4, 0.5) is 0 Å². The lowest BCUT2D eigenvalue weighted by molar-refractivity contribution is -0.268. The summed E-state index contributed by atoms with van der Waals surface area (Å²) in [7, 11) is 1.61. The van der Waals surface area contributed by atoms with Crippen LogP contribution < -0.4 is 0 Å². The summed E-state index contributed by atoms with van der Waals surface area (Å²) >= 11 is 0. The Morgan fingerprint density at radius 2 is 2.24 bits per heavy atom. The van der Waals surface area contributed by atoms with Crippen LogP contribution in [0.2, 0.25) is 0 Å². The molecule has 1 aliphatic rings. The molecule has 1 N–H and O–H groups in total. The highest BCUT2D eigenvalue weighted by Crippen LogP contribution is 2.33. The van der Waals surface area contributed by atoms with Crippen LogP contribution in [0.25, 0.3) is 0 Å². The summed E-state index contributed by atoms with van der Waals surface area (Å²) < 4.78 is 16.8. The van der Waals surface area contributed by atoms with Crippen molar-refractivity contribution in [1.82, 2.24) is 0 Å². The van der Waals surface area contributed by atoms with Gasteiger partial charge < -0.3 is 19.3 Å². The summed E-state index contributed by atoms with van der Waals surface area (Å²) in [6.45, 7) is 7.69. The van der Waals surface area contributed by atoms with E-state index in [9.17, 15) is 5.11 Å². The highest BCUT2D eigenvalue weighted by atomic mass is 16.7. The molecule has 4 heteroatoms. The standard InChI is InChI=1S/C13H24O4/c1-6-10(7-2)17-11-8-13(4,15-5)12(14)9(3)16-11/h6,9,11-12,14H,7-8H2,1-5H3/b10-6-/t9-,11-,12-,13+/m0/s1. The molecule has 1 saturated heterocycles. The molecule has 100 valence electrons. The quantitative estimate of drug-likeness (QED) is 0.770. The molecule has 1 fully saturated rings. The molecule has 0 aromatic carbocycles. The first-order chi connectivity index (χ1) is 7.96. The van der Waals surface area contributed by atoms with Crippen LogP contribution >= 0.6 is 0 Å². The number of hydrogen-bond donors (Lipinski definition) is 1. The van der Waals surface area contributed by atoms with E-state index in [1.54, 1.807) is 7.11 Å². The Kier molecular flexibility index (Phi) is 4.98. The fraction of sp³-hybridized carbons (Fsp3) is 0.846. The molecule has 0 spiro atoms.